The Morgan fingerprint density at radius 3 is 2.86 bits per heavy atom. The fourth-order valence-electron chi connectivity index (χ4n) is 1.68. The molecule has 1 aromatic heterocycles. The van der Waals surface area contributed by atoms with E-state index < -0.39 is 0 Å². The number of aromatic nitrogens is 3. The van der Waals surface area contributed by atoms with Crippen molar-refractivity contribution < 1.29 is 4.74 Å². The Balaban J connectivity index is 2.23. The number of aryl methyl sites for hydroxylation is 1. The highest BCUT2D eigenvalue weighted by Crippen LogP contribution is 2.37. The molecule has 1 fully saturated rings. The topological polar surface area (TPSA) is 66.0 Å². The van der Waals surface area contributed by atoms with Crippen LogP contribution < -0.4 is 5.73 Å². The third kappa shape index (κ3) is 1.65. The van der Waals surface area contributed by atoms with Crippen molar-refractivity contribution in [3.05, 3.63) is 11.6 Å². The van der Waals surface area contributed by atoms with Crippen LogP contribution >= 0.6 is 0 Å². The minimum Gasteiger partial charge on any atom is -0.383 e. The Labute approximate surface area is 83.3 Å². The summed E-state index contributed by atoms with van der Waals surface area (Å²) in [4.78, 5) is 0. The molecule has 0 saturated heterocycles. The van der Waals surface area contributed by atoms with Gasteiger partial charge < -0.3 is 15.0 Å². The number of hydrogen-bond donors (Lipinski definition) is 1. The van der Waals surface area contributed by atoms with Crippen LogP contribution in [-0.4, -0.2) is 28.5 Å². The number of nitrogens with two attached hydrogens (primary N) is 1. The lowest BCUT2D eigenvalue weighted by molar-refractivity contribution is 0.176. The molecule has 0 radical (unpaired) electrons. The average molecular weight is 196 g/mol. The van der Waals surface area contributed by atoms with Gasteiger partial charge in [0.2, 0.25) is 0 Å². The molecule has 2 N–H and O–H groups in total. The molecule has 5 heteroatoms. The SMILES string of the molecule is COCC(N)c1nnc(C)n1C1CC1. The molecular weight excluding hydrogens is 180 g/mol. The van der Waals surface area contributed by atoms with Crippen LogP contribution in [0.25, 0.3) is 0 Å². The zero-order valence-corrected chi connectivity index (χ0v) is 8.60. The van der Waals surface area contributed by atoms with Crippen LogP contribution in [0.3, 0.4) is 0 Å². The van der Waals surface area contributed by atoms with E-state index in [2.05, 4.69) is 14.8 Å². The van der Waals surface area contributed by atoms with Gasteiger partial charge in [-0.05, 0) is 19.8 Å². The molecule has 0 aliphatic heterocycles. The maximum atomic E-state index is 5.94. The Bertz CT molecular complexity index is 319. The van der Waals surface area contributed by atoms with Crippen molar-refractivity contribution in [1.82, 2.24) is 14.8 Å². The van der Waals surface area contributed by atoms with E-state index in [0.717, 1.165) is 11.6 Å². The molecule has 1 unspecified atom stereocenters. The molecule has 1 aliphatic rings. The summed E-state index contributed by atoms with van der Waals surface area (Å²) in [6, 6.07) is 0.407. The van der Waals surface area contributed by atoms with Crippen LogP contribution in [0.1, 0.15) is 36.6 Å². The third-order valence-electron chi connectivity index (χ3n) is 2.48. The van der Waals surface area contributed by atoms with Gasteiger partial charge in [-0.3, -0.25) is 0 Å². The van der Waals surface area contributed by atoms with Crippen molar-refractivity contribution in [1.29, 1.82) is 0 Å². The van der Waals surface area contributed by atoms with Gasteiger partial charge in [0.1, 0.15) is 5.82 Å². The first-order chi connectivity index (χ1) is 6.74. The molecule has 5 nitrogen and oxygen atoms in total. The van der Waals surface area contributed by atoms with Gasteiger partial charge in [0.15, 0.2) is 5.82 Å². The minimum absolute atomic E-state index is 0.165. The molecule has 1 aliphatic carbocycles. The molecule has 14 heavy (non-hydrogen) atoms. The predicted octanol–water partition coefficient (Wildman–Crippen LogP) is 0.568. The quantitative estimate of drug-likeness (QED) is 0.764. The average Bonchev–Trinajstić information content (AvgIpc) is 2.90. The lowest BCUT2D eigenvalue weighted by Crippen LogP contribution is -2.21. The number of methoxy groups -OCH3 is 1. The monoisotopic (exact) mass is 196 g/mol. The standard InChI is InChI=1S/C9H16N4O/c1-6-11-12-9(8(10)5-14-2)13(6)7-3-4-7/h7-8H,3-5,10H2,1-2H3. The summed E-state index contributed by atoms with van der Waals surface area (Å²) in [5.41, 5.74) is 5.94. The fourth-order valence-corrected chi connectivity index (χ4v) is 1.68. The van der Waals surface area contributed by atoms with Gasteiger partial charge in [-0.1, -0.05) is 0 Å². The Morgan fingerprint density at radius 1 is 1.57 bits per heavy atom. The van der Waals surface area contributed by atoms with Crippen LogP contribution in [-0.2, 0) is 4.74 Å². The fraction of sp³-hybridized carbons (Fsp3) is 0.778. The number of rotatable bonds is 4. The molecule has 2 rings (SSSR count). The summed E-state index contributed by atoms with van der Waals surface area (Å²) < 4.78 is 7.16. The van der Waals surface area contributed by atoms with Crippen molar-refractivity contribution >= 4 is 0 Å². The molecule has 78 valence electrons. The first kappa shape index (κ1) is 9.61. The van der Waals surface area contributed by atoms with Crippen molar-refractivity contribution in [3.63, 3.8) is 0 Å². The highest BCUT2D eigenvalue weighted by Gasteiger charge is 2.29. The molecule has 1 atom stereocenters. The van der Waals surface area contributed by atoms with Gasteiger partial charge in [0.05, 0.1) is 12.6 Å². The van der Waals surface area contributed by atoms with E-state index in [0.29, 0.717) is 12.6 Å². The summed E-state index contributed by atoms with van der Waals surface area (Å²) in [6.45, 7) is 2.46. The minimum atomic E-state index is -0.165. The Morgan fingerprint density at radius 2 is 2.29 bits per heavy atom. The second kappa shape index (κ2) is 3.67. The van der Waals surface area contributed by atoms with E-state index in [1.165, 1.54) is 12.8 Å². The second-order valence-electron chi connectivity index (χ2n) is 3.77. The van der Waals surface area contributed by atoms with Crippen molar-refractivity contribution in [3.8, 4) is 0 Å². The second-order valence-corrected chi connectivity index (χ2v) is 3.77. The zero-order chi connectivity index (χ0) is 10.1. The van der Waals surface area contributed by atoms with Crippen molar-refractivity contribution in [2.75, 3.05) is 13.7 Å². The van der Waals surface area contributed by atoms with Crippen LogP contribution in [0.4, 0.5) is 0 Å². The van der Waals surface area contributed by atoms with Gasteiger partial charge in [-0.2, -0.15) is 0 Å². The Kier molecular flexibility index (Phi) is 2.52. The van der Waals surface area contributed by atoms with Gasteiger partial charge in [0, 0.05) is 13.2 Å². The summed E-state index contributed by atoms with van der Waals surface area (Å²) in [7, 11) is 1.64. The maximum Gasteiger partial charge on any atom is 0.152 e. The number of ether oxygens (including phenoxy) is 1. The first-order valence-corrected chi connectivity index (χ1v) is 4.90. The highest BCUT2D eigenvalue weighted by atomic mass is 16.5. The highest BCUT2D eigenvalue weighted by molar-refractivity contribution is 5.05. The first-order valence-electron chi connectivity index (χ1n) is 4.90. The van der Waals surface area contributed by atoms with E-state index in [1.807, 2.05) is 6.92 Å². The third-order valence-corrected chi connectivity index (χ3v) is 2.48. The van der Waals surface area contributed by atoms with Crippen LogP contribution in [0, 0.1) is 6.92 Å². The summed E-state index contributed by atoms with van der Waals surface area (Å²) in [5.74, 6) is 1.81. The van der Waals surface area contributed by atoms with E-state index in [4.69, 9.17) is 10.5 Å². The van der Waals surface area contributed by atoms with Crippen molar-refractivity contribution in [2.45, 2.75) is 31.8 Å². The molecule has 0 aromatic carbocycles. The van der Waals surface area contributed by atoms with Gasteiger partial charge in [-0.25, -0.2) is 0 Å². The molecule has 1 saturated carbocycles. The van der Waals surface area contributed by atoms with E-state index in [-0.39, 0.29) is 6.04 Å². The summed E-state index contributed by atoms with van der Waals surface area (Å²) in [6.07, 6.45) is 2.43. The Hall–Kier alpha value is -0.940. The largest absolute Gasteiger partial charge is 0.383 e. The van der Waals surface area contributed by atoms with Gasteiger partial charge >= 0.3 is 0 Å². The van der Waals surface area contributed by atoms with Gasteiger partial charge in [0.25, 0.3) is 0 Å². The van der Waals surface area contributed by atoms with Crippen LogP contribution in [0.5, 0.6) is 0 Å². The van der Waals surface area contributed by atoms with Crippen LogP contribution in [0.15, 0.2) is 0 Å². The molecular formula is C9H16N4O. The molecule has 0 amide bonds. The molecule has 0 bridgehead atoms. The van der Waals surface area contributed by atoms with E-state index in [9.17, 15) is 0 Å². The van der Waals surface area contributed by atoms with Crippen LogP contribution in [0.2, 0.25) is 0 Å². The molecule has 0 spiro atoms. The summed E-state index contributed by atoms with van der Waals surface area (Å²) >= 11 is 0. The van der Waals surface area contributed by atoms with E-state index in [1.54, 1.807) is 7.11 Å². The smallest absolute Gasteiger partial charge is 0.152 e. The normalized spacial score (nSPS) is 18.5. The molecule has 1 aromatic rings. The number of hydrogen-bond acceptors (Lipinski definition) is 4. The van der Waals surface area contributed by atoms with E-state index >= 15 is 0 Å². The van der Waals surface area contributed by atoms with Gasteiger partial charge in [-0.15, -0.1) is 10.2 Å². The van der Waals surface area contributed by atoms with Crippen molar-refractivity contribution in [2.24, 2.45) is 5.73 Å². The molecule has 1 heterocycles. The maximum absolute atomic E-state index is 5.94. The zero-order valence-electron chi connectivity index (χ0n) is 8.60. The number of nitrogens with zero attached hydrogens (tertiary/aromatic N) is 3. The lowest BCUT2D eigenvalue weighted by atomic mass is 10.3. The lowest BCUT2D eigenvalue weighted by Gasteiger charge is -2.12. The summed E-state index contributed by atoms with van der Waals surface area (Å²) in [5, 5.41) is 8.16. The predicted molar refractivity (Wildman–Crippen MR) is 51.8 cm³/mol.